The monoisotopic (exact) mass is 369 g/mol. The number of halogens is 1. The molecule has 0 aliphatic rings. The SMILES string of the molecule is CC(C)(C)C(N)Cc1nc(CSc2ccccc2Br)no1. The second-order valence-corrected chi connectivity index (χ2v) is 7.87. The molecule has 2 rings (SSSR count). The van der Waals surface area contributed by atoms with Gasteiger partial charge in [-0.25, -0.2) is 0 Å². The van der Waals surface area contributed by atoms with Crippen LogP contribution < -0.4 is 5.73 Å². The molecule has 0 saturated carbocycles. The maximum absolute atomic E-state index is 6.14. The van der Waals surface area contributed by atoms with Crippen molar-refractivity contribution in [3.05, 3.63) is 40.5 Å². The predicted molar refractivity (Wildman–Crippen MR) is 89.1 cm³/mol. The minimum atomic E-state index is 0.00159. The first-order chi connectivity index (χ1) is 9.86. The van der Waals surface area contributed by atoms with Gasteiger partial charge in [-0.3, -0.25) is 0 Å². The van der Waals surface area contributed by atoms with Crippen LogP contribution in [0.2, 0.25) is 0 Å². The van der Waals surface area contributed by atoms with E-state index in [2.05, 4.69) is 52.9 Å². The van der Waals surface area contributed by atoms with Gasteiger partial charge in [0.15, 0.2) is 5.82 Å². The van der Waals surface area contributed by atoms with E-state index >= 15 is 0 Å². The van der Waals surface area contributed by atoms with E-state index in [-0.39, 0.29) is 11.5 Å². The van der Waals surface area contributed by atoms with Crippen LogP contribution in [0.5, 0.6) is 0 Å². The molecule has 0 amide bonds. The van der Waals surface area contributed by atoms with Crippen LogP contribution in [0.25, 0.3) is 0 Å². The summed E-state index contributed by atoms with van der Waals surface area (Å²) in [5.74, 6) is 1.99. The van der Waals surface area contributed by atoms with Gasteiger partial charge in [0.2, 0.25) is 5.89 Å². The molecule has 0 spiro atoms. The number of benzene rings is 1. The van der Waals surface area contributed by atoms with Gasteiger partial charge in [0.05, 0.1) is 5.75 Å². The lowest BCUT2D eigenvalue weighted by molar-refractivity contribution is 0.285. The van der Waals surface area contributed by atoms with Gasteiger partial charge >= 0.3 is 0 Å². The van der Waals surface area contributed by atoms with Gasteiger partial charge in [-0.1, -0.05) is 38.1 Å². The first kappa shape index (κ1) is 16.5. The number of hydrogen-bond acceptors (Lipinski definition) is 5. The Bertz CT molecular complexity index is 595. The molecular formula is C15H20BrN3OS. The first-order valence-electron chi connectivity index (χ1n) is 6.80. The van der Waals surface area contributed by atoms with Gasteiger partial charge < -0.3 is 10.3 Å². The first-order valence-corrected chi connectivity index (χ1v) is 8.58. The summed E-state index contributed by atoms with van der Waals surface area (Å²) in [6.45, 7) is 6.33. The van der Waals surface area contributed by atoms with Crippen molar-refractivity contribution in [1.29, 1.82) is 0 Å². The number of aromatic nitrogens is 2. The topological polar surface area (TPSA) is 64.9 Å². The predicted octanol–water partition coefficient (Wildman–Crippen LogP) is 4.04. The molecule has 4 nitrogen and oxygen atoms in total. The van der Waals surface area contributed by atoms with Gasteiger partial charge in [-0.05, 0) is 33.5 Å². The van der Waals surface area contributed by atoms with Crippen molar-refractivity contribution in [3.63, 3.8) is 0 Å². The van der Waals surface area contributed by atoms with Crippen LogP contribution >= 0.6 is 27.7 Å². The highest BCUT2D eigenvalue weighted by Crippen LogP contribution is 2.29. The average Bonchev–Trinajstić information content (AvgIpc) is 2.84. The number of hydrogen-bond donors (Lipinski definition) is 1. The molecule has 0 radical (unpaired) electrons. The highest BCUT2D eigenvalue weighted by atomic mass is 79.9. The summed E-state index contributed by atoms with van der Waals surface area (Å²) in [6, 6.07) is 8.09. The molecule has 6 heteroatoms. The summed E-state index contributed by atoms with van der Waals surface area (Å²) < 4.78 is 6.36. The summed E-state index contributed by atoms with van der Waals surface area (Å²) in [5, 5.41) is 4.02. The maximum atomic E-state index is 6.14. The number of thioether (sulfide) groups is 1. The van der Waals surface area contributed by atoms with Crippen molar-refractivity contribution in [2.45, 2.75) is 43.9 Å². The molecule has 0 bridgehead atoms. The highest BCUT2D eigenvalue weighted by Gasteiger charge is 2.23. The Labute approximate surface area is 138 Å². The average molecular weight is 370 g/mol. The van der Waals surface area contributed by atoms with Gasteiger partial charge in [0, 0.05) is 21.8 Å². The van der Waals surface area contributed by atoms with Crippen molar-refractivity contribution >= 4 is 27.7 Å². The Morgan fingerprint density at radius 3 is 2.71 bits per heavy atom. The van der Waals surface area contributed by atoms with Crippen molar-refractivity contribution in [2.75, 3.05) is 0 Å². The largest absolute Gasteiger partial charge is 0.339 e. The fourth-order valence-electron chi connectivity index (χ4n) is 1.63. The van der Waals surface area contributed by atoms with Gasteiger partial charge in [0.25, 0.3) is 0 Å². The highest BCUT2D eigenvalue weighted by molar-refractivity contribution is 9.10. The van der Waals surface area contributed by atoms with Gasteiger partial charge in [-0.15, -0.1) is 11.8 Å². The number of nitrogens with zero attached hydrogens (tertiary/aromatic N) is 2. The quantitative estimate of drug-likeness (QED) is 0.805. The van der Waals surface area contributed by atoms with E-state index in [4.69, 9.17) is 10.3 Å². The van der Waals surface area contributed by atoms with E-state index in [0.29, 0.717) is 23.9 Å². The second-order valence-electron chi connectivity index (χ2n) is 6.00. The Kier molecular flexibility index (Phi) is 5.46. The lowest BCUT2D eigenvalue weighted by atomic mass is 9.85. The molecule has 21 heavy (non-hydrogen) atoms. The molecular weight excluding hydrogens is 350 g/mol. The summed E-state index contributed by atoms with van der Waals surface area (Å²) in [4.78, 5) is 5.58. The van der Waals surface area contributed by atoms with Crippen LogP contribution in [0.3, 0.4) is 0 Å². The fraction of sp³-hybridized carbons (Fsp3) is 0.467. The van der Waals surface area contributed by atoms with Gasteiger partial charge in [0.1, 0.15) is 0 Å². The van der Waals surface area contributed by atoms with Crippen LogP contribution in [0.1, 0.15) is 32.5 Å². The Balaban J connectivity index is 1.93. The zero-order valence-electron chi connectivity index (χ0n) is 12.5. The Hall–Kier alpha value is -0.850. The third kappa shape index (κ3) is 4.83. The van der Waals surface area contributed by atoms with Crippen LogP contribution in [-0.4, -0.2) is 16.2 Å². The number of rotatable bonds is 5. The standard InChI is InChI=1S/C15H20BrN3OS/c1-15(2,3)12(17)8-14-18-13(19-20-14)9-21-11-7-5-4-6-10(11)16/h4-7,12H,8-9,17H2,1-3H3. The van der Waals surface area contributed by atoms with Crippen LogP contribution in [0, 0.1) is 5.41 Å². The van der Waals surface area contributed by atoms with E-state index in [1.165, 1.54) is 0 Å². The minimum absolute atomic E-state index is 0.00159. The van der Waals surface area contributed by atoms with Crippen LogP contribution in [0.4, 0.5) is 0 Å². The Morgan fingerprint density at radius 2 is 2.05 bits per heavy atom. The maximum Gasteiger partial charge on any atom is 0.228 e. The van der Waals surface area contributed by atoms with E-state index in [1.54, 1.807) is 11.8 Å². The van der Waals surface area contributed by atoms with E-state index < -0.39 is 0 Å². The molecule has 1 heterocycles. The zero-order chi connectivity index (χ0) is 15.5. The Morgan fingerprint density at radius 1 is 1.33 bits per heavy atom. The van der Waals surface area contributed by atoms with Crippen LogP contribution in [0.15, 0.2) is 38.2 Å². The summed E-state index contributed by atoms with van der Waals surface area (Å²) in [7, 11) is 0. The fourth-order valence-corrected chi connectivity index (χ4v) is 3.04. The molecule has 0 fully saturated rings. The second kappa shape index (κ2) is 6.94. The normalized spacial score (nSPS) is 13.4. The third-order valence-corrected chi connectivity index (χ3v) is 5.23. The zero-order valence-corrected chi connectivity index (χ0v) is 14.9. The summed E-state index contributed by atoms with van der Waals surface area (Å²) >= 11 is 5.20. The summed E-state index contributed by atoms with van der Waals surface area (Å²) in [6.07, 6.45) is 0.607. The molecule has 2 aromatic rings. The number of nitrogens with two attached hydrogens (primary N) is 1. The molecule has 0 aliphatic carbocycles. The molecule has 0 saturated heterocycles. The molecule has 1 aromatic heterocycles. The van der Waals surface area contributed by atoms with Crippen molar-refractivity contribution in [1.82, 2.24) is 10.1 Å². The minimum Gasteiger partial charge on any atom is -0.339 e. The molecule has 1 atom stereocenters. The molecule has 2 N–H and O–H groups in total. The molecule has 1 aromatic carbocycles. The molecule has 0 aliphatic heterocycles. The lowest BCUT2D eigenvalue weighted by Crippen LogP contribution is -2.36. The van der Waals surface area contributed by atoms with E-state index in [9.17, 15) is 0 Å². The third-order valence-electron chi connectivity index (χ3n) is 3.21. The van der Waals surface area contributed by atoms with Crippen molar-refractivity contribution in [3.8, 4) is 0 Å². The smallest absolute Gasteiger partial charge is 0.228 e. The van der Waals surface area contributed by atoms with E-state index in [1.807, 2.05) is 18.2 Å². The van der Waals surface area contributed by atoms with Crippen molar-refractivity contribution in [2.24, 2.45) is 11.1 Å². The van der Waals surface area contributed by atoms with Crippen molar-refractivity contribution < 1.29 is 4.52 Å². The molecule has 1 unspecified atom stereocenters. The van der Waals surface area contributed by atoms with Crippen LogP contribution in [-0.2, 0) is 12.2 Å². The van der Waals surface area contributed by atoms with Gasteiger partial charge in [-0.2, -0.15) is 4.98 Å². The summed E-state index contributed by atoms with van der Waals surface area (Å²) in [5.41, 5.74) is 6.16. The molecule has 114 valence electrons. The lowest BCUT2D eigenvalue weighted by Gasteiger charge is -2.25. The van der Waals surface area contributed by atoms with E-state index in [0.717, 1.165) is 9.37 Å².